The molecule has 1 aromatic carbocycles. The van der Waals surface area contributed by atoms with Crippen LogP contribution in [0.15, 0.2) is 29.6 Å². The van der Waals surface area contributed by atoms with E-state index in [1.54, 1.807) is 11.3 Å². The molecular formula is C15H17N3OS. The first-order valence-corrected chi connectivity index (χ1v) is 7.68. The lowest BCUT2D eigenvalue weighted by atomic mass is 10.3. The largest absolute Gasteiger partial charge is 0.388 e. The first kappa shape index (κ1) is 13.3. The number of para-hydroxylation sites is 2. The van der Waals surface area contributed by atoms with E-state index in [0.29, 0.717) is 12.4 Å². The average Bonchev–Trinajstić information content (AvgIpc) is 3.05. The number of aliphatic hydroxyl groups excluding tert-OH is 1. The Kier molecular flexibility index (Phi) is 3.80. The number of fused-ring (bicyclic) bond motifs is 1. The highest BCUT2D eigenvalue weighted by Gasteiger charge is 2.11. The number of imidazole rings is 1. The van der Waals surface area contributed by atoms with Crippen molar-refractivity contribution in [1.82, 2.24) is 14.5 Å². The molecule has 0 atom stereocenters. The summed E-state index contributed by atoms with van der Waals surface area (Å²) in [4.78, 5) is 9.10. The van der Waals surface area contributed by atoms with E-state index in [-0.39, 0.29) is 6.61 Å². The van der Waals surface area contributed by atoms with Gasteiger partial charge in [0.15, 0.2) is 0 Å². The summed E-state index contributed by atoms with van der Waals surface area (Å²) in [5.41, 5.74) is 3.00. The van der Waals surface area contributed by atoms with E-state index in [9.17, 15) is 5.11 Å². The van der Waals surface area contributed by atoms with Crippen LogP contribution in [0.5, 0.6) is 0 Å². The van der Waals surface area contributed by atoms with Crippen LogP contribution in [0, 0.1) is 0 Å². The van der Waals surface area contributed by atoms with Crippen LogP contribution in [0.25, 0.3) is 11.0 Å². The van der Waals surface area contributed by atoms with E-state index in [2.05, 4.69) is 22.3 Å². The number of aromatic nitrogens is 3. The van der Waals surface area contributed by atoms with Gasteiger partial charge in [0.25, 0.3) is 0 Å². The summed E-state index contributed by atoms with van der Waals surface area (Å²) >= 11 is 1.71. The number of nitrogens with zero attached hydrogens (tertiary/aromatic N) is 3. The number of aliphatic hydroxyl groups is 1. The summed E-state index contributed by atoms with van der Waals surface area (Å²) in [5, 5.41) is 12.8. The SMILES string of the molecule is CCCc1nc(Cn2c(CO)nc3ccccc32)cs1. The van der Waals surface area contributed by atoms with Gasteiger partial charge in [-0.2, -0.15) is 0 Å². The van der Waals surface area contributed by atoms with E-state index in [0.717, 1.165) is 29.6 Å². The smallest absolute Gasteiger partial charge is 0.136 e. The maximum atomic E-state index is 9.49. The zero-order valence-electron chi connectivity index (χ0n) is 11.4. The van der Waals surface area contributed by atoms with Gasteiger partial charge in [-0.15, -0.1) is 11.3 Å². The molecule has 1 N–H and O–H groups in total. The van der Waals surface area contributed by atoms with Gasteiger partial charge < -0.3 is 9.67 Å². The quantitative estimate of drug-likeness (QED) is 0.785. The predicted octanol–water partition coefficient (Wildman–Crippen LogP) is 2.99. The van der Waals surface area contributed by atoms with Crippen LogP contribution >= 0.6 is 11.3 Å². The Morgan fingerprint density at radius 3 is 2.90 bits per heavy atom. The summed E-state index contributed by atoms with van der Waals surface area (Å²) in [6.07, 6.45) is 2.14. The van der Waals surface area contributed by atoms with Crippen molar-refractivity contribution >= 4 is 22.4 Å². The van der Waals surface area contributed by atoms with Crippen LogP contribution < -0.4 is 0 Å². The van der Waals surface area contributed by atoms with Gasteiger partial charge in [0.05, 0.1) is 28.3 Å². The molecular weight excluding hydrogens is 270 g/mol. The van der Waals surface area contributed by atoms with Crippen molar-refractivity contribution in [2.75, 3.05) is 0 Å². The topological polar surface area (TPSA) is 50.9 Å². The lowest BCUT2D eigenvalue weighted by Crippen LogP contribution is -2.05. The standard InChI is InChI=1S/C15H17N3OS/c1-2-5-15-16-11(10-20-15)8-18-13-7-4-3-6-12(13)17-14(18)9-19/h3-4,6-7,10,19H,2,5,8-9H2,1H3. The molecule has 0 aliphatic heterocycles. The Morgan fingerprint density at radius 1 is 1.25 bits per heavy atom. The van der Waals surface area contributed by atoms with Gasteiger partial charge in [0.1, 0.15) is 12.4 Å². The molecule has 2 aromatic heterocycles. The minimum atomic E-state index is -0.0549. The van der Waals surface area contributed by atoms with Crippen LogP contribution in [-0.2, 0) is 19.6 Å². The maximum absolute atomic E-state index is 9.49. The Morgan fingerprint density at radius 2 is 2.10 bits per heavy atom. The third kappa shape index (κ3) is 2.46. The molecule has 20 heavy (non-hydrogen) atoms. The molecule has 0 spiro atoms. The molecule has 3 aromatic rings. The van der Waals surface area contributed by atoms with E-state index in [4.69, 9.17) is 0 Å². The molecule has 5 heteroatoms. The fraction of sp³-hybridized carbons (Fsp3) is 0.333. The van der Waals surface area contributed by atoms with Gasteiger partial charge in [0.2, 0.25) is 0 Å². The zero-order valence-corrected chi connectivity index (χ0v) is 12.2. The summed E-state index contributed by atoms with van der Waals surface area (Å²) in [6, 6.07) is 7.95. The second kappa shape index (κ2) is 5.73. The summed E-state index contributed by atoms with van der Waals surface area (Å²) in [5.74, 6) is 0.691. The van der Waals surface area contributed by atoms with Gasteiger partial charge in [0, 0.05) is 5.38 Å². The summed E-state index contributed by atoms with van der Waals surface area (Å²) in [7, 11) is 0. The molecule has 104 valence electrons. The third-order valence-corrected chi connectivity index (χ3v) is 4.22. The Bertz CT molecular complexity index is 717. The van der Waals surface area contributed by atoms with Crippen molar-refractivity contribution in [3.63, 3.8) is 0 Å². The van der Waals surface area contributed by atoms with Crippen LogP contribution in [0.3, 0.4) is 0 Å². The molecule has 0 fully saturated rings. The molecule has 0 amide bonds. The first-order chi connectivity index (χ1) is 9.81. The summed E-state index contributed by atoms with van der Waals surface area (Å²) in [6.45, 7) is 2.77. The number of rotatable bonds is 5. The van der Waals surface area contributed by atoms with Gasteiger partial charge in [-0.05, 0) is 25.0 Å². The van der Waals surface area contributed by atoms with Crippen molar-refractivity contribution in [3.05, 3.63) is 46.2 Å². The highest BCUT2D eigenvalue weighted by atomic mass is 32.1. The van der Waals surface area contributed by atoms with Crippen molar-refractivity contribution in [2.45, 2.75) is 32.9 Å². The second-order valence-corrected chi connectivity index (χ2v) is 5.69. The van der Waals surface area contributed by atoms with Crippen molar-refractivity contribution < 1.29 is 5.11 Å². The third-order valence-electron chi connectivity index (χ3n) is 3.26. The molecule has 4 nitrogen and oxygen atoms in total. The van der Waals surface area contributed by atoms with Gasteiger partial charge in [-0.25, -0.2) is 9.97 Å². The molecule has 2 heterocycles. The molecule has 0 aliphatic rings. The van der Waals surface area contributed by atoms with E-state index < -0.39 is 0 Å². The monoisotopic (exact) mass is 287 g/mol. The van der Waals surface area contributed by atoms with Gasteiger partial charge in [-0.3, -0.25) is 0 Å². The van der Waals surface area contributed by atoms with E-state index >= 15 is 0 Å². The van der Waals surface area contributed by atoms with Gasteiger partial charge >= 0.3 is 0 Å². The zero-order chi connectivity index (χ0) is 13.9. The molecule has 3 rings (SSSR count). The van der Waals surface area contributed by atoms with E-state index in [1.165, 1.54) is 5.01 Å². The number of benzene rings is 1. The molecule has 0 aliphatic carbocycles. The lowest BCUT2D eigenvalue weighted by Gasteiger charge is -2.05. The second-order valence-electron chi connectivity index (χ2n) is 4.74. The van der Waals surface area contributed by atoms with Crippen molar-refractivity contribution in [2.24, 2.45) is 0 Å². The Balaban J connectivity index is 1.96. The minimum Gasteiger partial charge on any atom is -0.388 e. The maximum Gasteiger partial charge on any atom is 0.136 e. The van der Waals surface area contributed by atoms with Crippen molar-refractivity contribution in [3.8, 4) is 0 Å². The molecule has 0 radical (unpaired) electrons. The molecule has 0 unspecified atom stereocenters. The highest BCUT2D eigenvalue weighted by Crippen LogP contribution is 2.19. The minimum absolute atomic E-state index is 0.0549. The van der Waals surface area contributed by atoms with Crippen LogP contribution in [0.1, 0.15) is 29.9 Å². The van der Waals surface area contributed by atoms with Crippen LogP contribution in [-0.4, -0.2) is 19.6 Å². The Labute approximate surface area is 121 Å². The molecule has 0 saturated heterocycles. The van der Waals surface area contributed by atoms with Crippen LogP contribution in [0.4, 0.5) is 0 Å². The first-order valence-electron chi connectivity index (χ1n) is 6.80. The molecule has 0 saturated carbocycles. The fourth-order valence-electron chi connectivity index (χ4n) is 2.33. The van der Waals surface area contributed by atoms with Crippen molar-refractivity contribution in [1.29, 1.82) is 0 Å². The predicted molar refractivity (Wildman–Crippen MR) is 80.9 cm³/mol. The lowest BCUT2D eigenvalue weighted by molar-refractivity contribution is 0.267. The average molecular weight is 287 g/mol. The number of hydrogen-bond acceptors (Lipinski definition) is 4. The number of thiazole rings is 1. The Hall–Kier alpha value is -1.72. The summed E-state index contributed by atoms with van der Waals surface area (Å²) < 4.78 is 2.04. The number of hydrogen-bond donors (Lipinski definition) is 1. The fourth-order valence-corrected chi connectivity index (χ4v) is 3.23. The van der Waals surface area contributed by atoms with Gasteiger partial charge in [-0.1, -0.05) is 19.1 Å². The molecule has 0 bridgehead atoms. The van der Waals surface area contributed by atoms with Crippen LogP contribution in [0.2, 0.25) is 0 Å². The normalized spacial score (nSPS) is 11.3. The van der Waals surface area contributed by atoms with E-state index in [1.807, 2.05) is 28.8 Å². The number of aryl methyl sites for hydroxylation is 1. The highest BCUT2D eigenvalue weighted by molar-refractivity contribution is 7.09.